The van der Waals surface area contributed by atoms with E-state index in [9.17, 15) is 0 Å². The topological polar surface area (TPSA) is 35.2 Å². The largest absolute Gasteiger partial charge is 0.355 e. The quantitative estimate of drug-likeness (QED) is 0.474. The molecule has 0 fully saturated rings. The van der Waals surface area contributed by atoms with Crippen molar-refractivity contribution in [3.63, 3.8) is 0 Å². The molecule has 0 radical (unpaired) electrons. The molecule has 0 aromatic rings. The fourth-order valence-corrected chi connectivity index (χ4v) is 1.14. The van der Waals surface area contributed by atoms with Crippen LogP contribution in [-0.4, -0.2) is 9.76 Å². The second kappa shape index (κ2) is 3.34. The highest BCUT2D eigenvalue weighted by Crippen LogP contribution is 2.31. The summed E-state index contributed by atoms with van der Waals surface area (Å²) in [7, 11) is -0.520. The van der Waals surface area contributed by atoms with Crippen LogP contribution in [0.2, 0.25) is 5.04 Å². The van der Waals surface area contributed by atoms with Gasteiger partial charge in [-0.25, -0.2) is 5.90 Å². The van der Waals surface area contributed by atoms with E-state index < -0.39 is 9.76 Å². The summed E-state index contributed by atoms with van der Waals surface area (Å²) in [5.41, 5.74) is 0. The third-order valence-corrected chi connectivity index (χ3v) is 3.75. The standard InChI is InChI=1S/C6H17NOSi/c1-5(2)6(3,4)9-8-7/h5H,7,9H2,1-4H3. The first-order valence-electron chi connectivity index (χ1n) is 3.32. The Labute approximate surface area is 59.7 Å². The van der Waals surface area contributed by atoms with Crippen molar-refractivity contribution in [2.75, 3.05) is 0 Å². The molecule has 56 valence electrons. The van der Waals surface area contributed by atoms with E-state index in [0.717, 1.165) is 0 Å². The average Bonchev–Trinajstić information content (AvgIpc) is 1.65. The van der Waals surface area contributed by atoms with Gasteiger partial charge in [0.05, 0.1) is 0 Å². The molecule has 0 rings (SSSR count). The van der Waals surface area contributed by atoms with Crippen molar-refractivity contribution in [3.8, 4) is 0 Å². The van der Waals surface area contributed by atoms with Crippen LogP contribution in [0.3, 0.4) is 0 Å². The van der Waals surface area contributed by atoms with Gasteiger partial charge in [0, 0.05) is 0 Å². The molecule has 2 nitrogen and oxygen atoms in total. The Morgan fingerprint density at radius 2 is 1.89 bits per heavy atom. The Hall–Kier alpha value is 0.137. The van der Waals surface area contributed by atoms with Gasteiger partial charge in [0.15, 0.2) is 9.76 Å². The molecule has 0 bridgehead atoms. The molecule has 0 atom stereocenters. The smallest absolute Gasteiger partial charge is 0.195 e. The molecular formula is C6H17NOSi. The van der Waals surface area contributed by atoms with E-state index in [-0.39, 0.29) is 0 Å². The molecular weight excluding hydrogens is 130 g/mol. The minimum atomic E-state index is -0.520. The number of nitrogens with two attached hydrogens (primary N) is 1. The van der Waals surface area contributed by atoms with Crippen molar-refractivity contribution < 1.29 is 4.53 Å². The summed E-state index contributed by atoms with van der Waals surface area (Å²) in [6.07, 6.45) is 0. The Morgan fingerprint density at radius 1 is 1.44 bits per heavy atom. The van der Waals surface area contributed by atoms with Crippen LogP contribution in [0.25, 0.3) is 0 Å². The van der Waals surface area contributed by atoms with Crippen LogP contribution in [-0.2, 0) is 4.53 Å². The summed E-state index contributed by atoms with van der Waals surface area (Å²) in [6.45, 7) is 8.81. The van der Waals surface area contributed by atoms with E-state index in [0.29, 0.717) is 11.0 Å². The van der Waals surface area contributed by atoms with E-state index >= 15 is 0 Å². The minimum Gasteiger partial charge on any atom is -0.355 e. The van der Waals surface area contributed by atoms with Gasteiger partial charge in [0.25, 0.3) is 0 Å². The molecule has 0 saturated heterocycles. The maximum Gasteiger partial charge on any atom is 0.195 e. The Bertz CT molecular complexity index is 83.1. The van der Waals surface area contributed by atoms with Crippen LogP contribution in [0.5, 0.6) is 0 Å². The molecule has 3 heteroatoms. The lowest BCUT2D eigenvalue weighted by Gasteiger charge is -2.26. The zero-order valence-corrected chi connectivity index (χ0v) is 8.18. The molecule has 2 N–H and O–H groups in total. The van der Waals surface area contributed by atoms with Gasteiger partial charge in [0.1, 0.15) is 0 Å². The highest BCUT2D eigenvalue weighted by molar-refractivity contribution is 6.31. The van der Waals surface area contributed by atoms with Gasteiger partial charge in [0.2, 0.25) is 0 Å². The van der Waals surface area contributed by atoms with Gasteiger partial charge in [-0.3, -0.25) is 0 Å². The van der Waals surface area contributed by atoms with Gasteiger partial charge in [-0.1, -0.05) is 27.7 Å². The Balaban J connectivity index is 3.70. The summed E-state index contributed by atoms with van der Waals surface area (Å²) in [5.74, 6) is 5.69. The summed E-state index contributed by atoms with van der Waals surface area (Å²) in [5, 5.41) is 0.342. The van der Waals surface area contributed by atoms with Crippen molar-refractivity contribution in [2.45, 2.75) is 32.7 Å². The second-order valence-corrected chi connectivity index (χ2v) is 5.90. The summed E-state index contributed by atoms with van der Waals surface area (Å²) in [4.78, 5) is 0. The van der Waals surface area contributed by atoms with E-state index in [1.54, 1.807) is 0 Å². The van der Waals surface area contributed by atoms with Gasteiger partial charge < -0.3 is 4.53 Å². The first kappa shape index (κ1) is 9.14. The number of rotatable bonds is 3. The fraction of sp³-hybridized carbons (Fsp3) is 1.00. The van der Waals surface area contributed by atoms with Crippen LogP contribution in [0.4, 0.5) is 0 Å². The zero-order valence-electron chi connectivity index (χ0n) is 6.77. The van der Waals surface area contributed by atoms with Crippen LogP contribution >= 0.6 is 0 Å². The van der Waals surface area contributed by atoms with Crippen molar-refractivity contribution in [1.29, 1.82) is 0 Å². The molecule has 0 aliphatic carbocycles. The lowest BCUT2D eigenvalue weighted by Crippen LogP contribution is -2.24. The fourth-order valence-electron chi connectivity index (χ4n) is 0.381. The molecule has 0 amide bonds. The van der Waals surface area contributed by atoms with Gasteiger partial charge in [-0.15, -0.1) is 0 Å². The molecule has 0 aliphatic rings. The van der Waals surface area contributed by atoms with Crippen molar-refractivity contribution >= 4 is 9.76 Å². The van der Waals surface area contributed by atoms with E-state index in [4.69, 9.17) is 10.4 Å². The van der Waals surface area contributed by atoms with E-state index in [1.165, 1.54) is 0 Å². The van der Waals surface area contributed by atoms with E-state index in [1.807, 2.05) is 0 Å². The van der Waals surface area contributed by atoms with Crippen molar-refractivity contribution in [1.82, 2.24) is 0 Å². The third kappa shape index (κ3) is 2.98. The highest BCUT2D eigenvalue weighted by Gasteiger charge is 2.22. The van der Waals surface area contributed by atoms with Crippen molar-refractivity contribution in [3.05, 3.63) is 0 Å². The number of hydrogen-bond donors (Lipinski definition) is 1. The summed E-state index contributed by atoms with van der Waals surface area (Å²) < 4.78 is 4.71. The molecule has 0 saturated carbocycles. The normalized spacial score (nSPS) is 14.0. The average molecular weight is 147 g/mol. The minimum absolute atomic E-state index is 0.342. The van der Waals surface area contributed by atoms with Gasteiger partial charge >= 0.3 is 0 Å². The van der Waals surface area contributed by atoms with Crippen LogP contribution in [0, 0.1) is 5.92 Å². The maximum atomic E-state index is 5.01. The predicted octanol–water partition coefficient (Wildman–Crippen LogP) is 0.815. The predicted molar refractivity (Wildman–Crippen MR) is 42.7 cm³/mol. The van der Waals surface area contributed by atoms with Gasteiger partial charge in [-0.05, 0) is 11.0 Å². The van der Waals surface area contributed by atoms with E-state index in [2.05, 4.69) is 27.7 Å². The van der Waals surface area contributed by atoms with Gasteiger partial charge in [-0.2, -0.15) is 0 Å². The Morgan fingerprint density at radius 3 is 2.00 bits per heavy atom. The Kier molecular flexibility index (Phi) is 3.39. The highest BCUT2D eigenvalue weighted by atomic mass is 28.2. The lowest BCUT2D eigenvalue weighted by molar-refractivity contribution is 0.314. The third-order valence-electron chi connectivity index (χ3n) is 2.02. The summed E-state index contributed by atoms with van der Waals surface area (Å²) >= 11 is 0. The van der Waals surface area contributed by atoms with Crippen LogP contribution < -0.4 is 5.90 Å². The zero-order chi connectivity index (χ0) is 7.49. The molecule has 0 unspecified atom stereocenters. The second-order valence-electron chi connectivity index (χ2n) is 3.45. The molecule has 0 aliphatic heterocycles. The molecule has 9 heavy (non-hydrogen) atoms. The first-order chi connectivity index (χ1) is 4.00. The van der Waals surface area contributed by atoms with Crippen molar-refractivity contribution in [2.24, 2.45) is 11.8 Å². The molecule has 0 aromatic heterocycles. The molecule has 0 heterocycles. The number of hydrogen-bond acceptors (Lipinski definition) is 2. The van der Waals surface area contributed by atoms with Crippen LogP contribution in [0.15, 0.2) is 0 Å². The monoisotopic (exact) mass is 147 g/mol. The maximum absolute atomic E-state index is 5.01. The van der Waals surface area contributed by atoms with Crippen LogP contribution in [0.1, 0.15) is 27.7 Å². The molecule has 0 aromatic carbocycles. The summed E-state index contributed by atoms with van der Waals surface area (Å²) in [6, 6.07) is 0. The SMILES string of the molecule is CC(C)C(C)(C)[SiH2]ON. The molecule has 0 spiro atoms. The lowest BCUT2D eigenvalue weighted by atomic mass is 9.99. The first-order valence-corrected chi connectivity index (χ1v) is 4.61.